The molecule has 0 N–H and O–H groups in total. The van der Waals surface area contributed by atoms with Crippen molar-refractivity contribution in [3.05, 3.63) is 0 Å². The van der Waals surface area contributed by atoms with Crippen LogP contribution in [0.15, 0.2) is 5.16 Å². The highest BCUT2D eigenvalue weighted by Gasteiger charge is 2.02. The summed E-state index contributed by atoms with van der Waals surface area (Å²) in [4.78, 5) is 5.09. The lowest BCUT2D eigenvalue weighted by Gasteiger charge is -2.07. The predicted octanol–water partition coefficient (Wildman–Crippen LogP) is 12.0. The third kappa shape index (κ3) is 27.7. The minimum Gasteiger partial charge on any atom is -0.399 e. The van der Waals surface area contributed by atoms with Gasteiger partial charge < -0.3 is 4.84 Å². The maximum Gasteiger partial charge on any atom is 0.106 e. The van der Waals surface area contributed by atoms with Crippen LogP contribution in [0.3, 0.4) is 0 Å². The van der Waals surface area contributed by atoms with Crippen molar-refractivity contribution in [2.75, 3.05) is 7.11 Å². The van der Waals surface area contributed by atoms with Crippen LogP contribution < -0.4 is 0 Å². The summed E-state index contributed by atoms with van der Waals surface area (Å²) in [5, 5.41) is 4.30. The van der Waals surface area contributed by atoms with E-state index < -0.39 is 0 Å². The second-order valence-electron chi connectivity index (χ2n) is 10.8. The Labute approximate surface area is 216 Å². The van der Waals surface area contributed by atoms with Crippen LogP contribution in [0.5, 0.6) is 0 Å². The zero-order valence-corrected chi connectivity index (χ0v) is 24.2. The van der Waals surface area contributed by atoms with Gasteiger partial charge >= 0.3 is 0 Å². The molecule has 0 aromatic carbocycles. The van der Waals surface area contributed by atoms with Gasteiger partial charge in [-0.1, -0.05) is 173 Å². The minimum atomic E-state index is 1.14. The van der Waals surface area contributed by atoms with Gasteiger partial charge in [-0.15, -0.1) is 0 Å². The molecule has 0 aliphatic carbocycles. The molecule has 0 bridgehead atoms. The summed E-state index contributed by atoms with van der Waals surface area (Å²) in [6.45, 7) is 4.59. The lowest BCUT2D eigenvalue weighted by molar-refractivity contribution is 0.211. The van der Waals surface area contributed by atoms with E-state index in [9.17, 15) is 0 Å². The fraction of sp³-hybridized carbons (Fsp3) is 0.969. The first-order valence-electron chi connectivity index (χ1n) is 15.9. The summed E-state index contributed by atoms with van der Waals surface area (Å²) in [7, 11) is 1.70. The minimum absolute atomic E-state index is 1.14. The number of nitrogens with zero attached hydrogens (tertiary/aromatic N) is 1. The molecule has 0 aromatic heterocycles. The summed E-state index contributed by atoms with van der Waals surface area (Å²) < 4.78 is 0. The molecule has 0 amide bonds. The van der Waals surface area contributed by atoms with Crippen LogP contribution in [0.25, 0.3) is 0 Å². The van der Waals surface area contributed by atoms with Gasteiger partial charge in [0.1, 0.15) is 7.11 Å². The molecule has 0 aliphatic heterocycles. The maximum absolute atomic E-state index is 5.09. The molecular weight excluding hydrogens is 414 g/mol. The SMILES string of the molecule is CCCCCCCCCCCCCCCCCCCCCC(CCCCCCCCC)=NOC. The van der Waals surface area contributed by atoms with E-state index in [1.165, 1.54) is 173 Å². The average Bonchev–Trinajstić information content (AvgIpc) is 2.84. The van der Waals surface area contributed by atoms with Gasteiger partial charge in [0.05, 0.1) is 5.71 Å². The molecule has 0 fully saturated rings. The van der Waals surface area contributed by atoms with Gasteiger partial charge in [-0.05, 0) is 25.7 Å². The Hall–Kier alpha value is -0.530. The molecule has 2 heteroatoms. The largest absolute Gasteiger partial charge is 0.399 e. The molecule has 0 spiro atoms. The Morgan fingerprint density at radius 3 is 0.853 bits per heavy atom. The van der Waals surface area contributed by atoms with E-state index in [1.54, 1.807) is 7.11 Å². The van der Waals surface area contributed by atoms with Crippen molar-refractivity contribution in [1.82, 2.24) is 0 Å². The van der Waals surface area contributed by atoms with Gasteiger partial charge in [0.2, 0.25) is 0 Å². The Bertz CT molecular complexity index is 392. The molecule has 2 nitrogen and oxygen atoms in total. The van der Waals surface area contributed by atoms with Gasteiger partial charge in [-0.2, -0.15) is 0 Å². The third-order valence-corrected chi connectivity index (χ3v) is 7.36. The number of oxime groups is 1. The highest BCUT2D eigenvalue weighted by atomic mass is 16.6. The van der Waals surface area contributed by atoms with E-state index in [2.05, 4.69) is 19.0 Å². The summed E-state index contributed by atoms with van der Waals surface area (Å²) >= 11 is 0. The van der Waals surface area contributed by atoms with Gasteiger partial charge in [-0.3, -0.25) is 0 Å². The molecule has 0 atom stereocenters. The first-order chi connectivity index (χ1) is 16.8. The molecule has 0 radical (unpaired) electrons. The monoisotopic (exact) mass is 480 g/mol. The van der Waals surface area contributed by atoms with Gasteiger partial charge in [0.25, 0.3) is 0 Å². The van der Waals surface area contributed by atoms with E-state index >= 15 is 0 Å². The fourth-order valence-electron chi connectivity index (χ4n) is 5.04. The van der Waals surface area contributed by atoms with Gasteiger partial charge in [0, 0.05) is 0 Å². The number of hydrogen-bond donors (Lipinski definition) is 0. The average molecular weight is 480 g/mol. The fourth-order valence-corrected chi connectivity index (χ4v) is 5.04. The Morgan fingerprint density at radius 1 is 0.382 bits per heavy atom. The second kappa shape index (κ2) is 30.5. The number of rotatable bonds is 29. The van der Waals surface area contributed by atoms with Crippen molar-refractivity contribution in [3.8, 4) is 0 Å². The number of unbranched alkanes of at least 4 members (excludes halogenated alkanes) is 24. The first-order valence-corrected chi connectivity index (χ1v) is 15.9. The summed E-state index contributed by atoms with van der Waals surface area (Å²) in [6.07, 6.45) is 39.2. The quantitative estimate of drug-likeness (QED) is 0.0593. The smallest absolute Gasteiger partial charge is 0.106 e. The zero-order chi connectivity index (χ0) is 24.8. The highest BCUT2D eigenvalue weighted by molar-refractivity contribution is 5.83. The van der Waals surface area contributed by atoms with Crippen molar-refractivity contribution in [2.24, 2.45) is 5.16 Å². The van der Waals surface area contributed by atoms with E-state index in [-0.39, 0.29) is 0 Å². The van der Waals surface area contributed by atoms with Crippen molar-refractivity contribution in [2.45, 2.75) is 194 Å². The van der Waals surface area contributed by atoms with E-state index in [1.807, 2.05) is 0 Å². The summed E-state index contributed by atoms with van der Waals surface area (Å²) in [5.41, 5.74) is 1.29. The molecule has 0 saturated carbocycles. The van der Waals surface area contributed by atoms with Crippen molar-refractivity contribution < 1.29 is 4.84 Å². The van der Waals surface area contributed by atoms with Crippen LogP contribution in [-0.4, -0.2) is 12.8 Å². The van der Waals surface area contributed by atoms with E-state index in [4.69, 9.17) is 4.84 Å². The standard InChI is InChI=1S/C32H65NO/c1-4-6-8-10-12-13-14-15-16-17-18-19-20-21-22-23-25-27-29-31-32(33-34-3)30-28-26-24-11-9-7-5-2/h4-31H2,1-3H3. The van der Waals surface area contributed by atoms with E-state index in [0.29, 0.717) is 0 Å². The molecule has 0 saturated heterocycles. The van der Waals surface area contributed by atoms with Crippen LogP contribution in [0.1, 0.15) is 194 Å². The van der Waals surface area contributed by atoms with Crippen LogP contribution in [-0.2, 0) is 4.84 Å². The van der Waals surface area contributed by atoms with Crippen molar-refractivity contribution in [1.29, 1.82) is 0 Å². The van der Waals surface area contributed by atoms with Crippen LogP contribution in [0.2, 0.25) is 0 Å². The molecule has 34 heavy (non-hydrogen) atoms. The maximum atomic E-state index is 5.09. The van der Waals surface area contributed by atoms with Gasteiger partial charge in [-0.25, -0.2) is 0 Å². The lowest BCUT2D eigenvalue weighted by atomic mass is 10.0. The van der Waals surface area contributed by atoms with Crippen molar-refractivity contribution in [3.63, 3.8) is 0 Å². The topological polar surface area (TPSA) is 21.6 Å². The molecule has 204 valence electrons. The highest BCUT2D eigenvalue weighted by Crippen LogP contribution is 2.16. The molecule has 0 aromatic rings. The van der Waals surface area contributed by atoms with Crippen LogP contribution >= 0.6 is 0 Å². The van der Waals surface area contributed by atoms with Gasteiger partial charge in [0.15, 0.2) is 0 Å². The molecule has 0 aliphatic rings. The molecule has 0 rings (SSSR count). The lowest BCUT2D eigenvalue weighted by Crippen LogP contribution is -2.00. The van der Waals surface area contributed by atoms with Crippen LogP contribution in [0.4, 0.5) is 0 Å². The molecular formula is C32H65NO. The third-order valence-electron chi connectivity index (χ3n) is 7.36. The van der Waals surface area contributed by atoms with Crippen molar-refractivity contribution >= 4 is 5.71 Å². The Balaban J connectivity index is 3.32. The predicted molar refractivity (Wildman–Crippen MR) is 155 cm³/mol. The zero-order valence-electron chi connectivity index (χ0n) is 24.2. The molecule has 0 unspecified atom stereocenters. The van der Waals surface area contributed by atoms with Crippen LogP contribution in [0, 0.1) is 0 Å². The summed E-state index contributed by atoms with van der Waals surface area (Å²) in [6, 6.07) is 0. The Kier molecular flexibility index (Phi) is 30.0. The Morgan fingerprint density at radius 2 is 0.618 bits per heavy atom. The first kappa shape index (κ1) is 33.5. The normalized spacial score (nSPS) is 11.9. The van der Waals surface area contributed by atoms with E-state index in [0.717, 1.165) is 12.8 Å². The second-order valence-corrected chi connectivity index (χ2v) is 10.8. The number of hydrogen-bond acceptors (Lipinski definition) is 2. The summed E-state index contributed by atoms with van der Waals surface area (Å²) in [5.74, 6) is 0. The molecule has 0 heterocycles.